The van der Waals surface area contributed by atoms with Crippen molar-refractivity contribution in [3.63, 3.8) is 0 Å². The van der Waals surface area contributed by atoms with Gasteiger partial charge in [-0.2, -0.15) is 0 Å². The molecule has 0 aromatic rings. The van der Waals surface area contributed by atoms with Gasteiger partial charge < -0.3 is 4.90 Å². The summed E-state index contributed by atoms with van der Waals surface area (Å²) in [5.41, 5.74) is 0. The van der Waals surface area contributed by atoms with Gasteiger partial charge in [0.25, 0.3) is 0 Å². The lowest BCUT2D eigenvalue weighted by Crippen LogP contribution is -2.34. The largest absolute Gasteiger partial charge is 0.301 e. The first-order chi connectivity index (χ1) is 6.11. The van der Waals surface area contributed by atoms with Gasteiger partial charge in [-0.25, -0.2) is 0 Å². The maximum absolute atomic E-state index is 2.56. The SMILES string of the molecule is CCCCC(C)CN(CC)C(C)C. The van der Waals surface area contributed by atoms with Crippen molar-refractivity contribution in [3.05, 3.63) is 0 Å². The summed E-state index contributed by atoms with van der Waals surface area (Å²) in [6, 6.07) is 0.703. The van der Waals surface area contributed by atoms with Crippen molar-refractivity contribution >= 4 is 0 Å². The summed E-state index contributed by atoms with van der Waals surface area (Å²) in [5, 5.41) is 0. The van der Waals surface area contributed by atoms with Gasteiger partial charge in [0.15, 0.2) is 0 Å². The van der Waals surface area contributed by atoms with Crippen molar-refractivity contribution in [1.82, 2.24) is 4.90 Å². The molecule has 1 heteroatoms. The van der Waals surface area contributed by atoms with E-state index in [1.807, 2.05) is 0 Å². The number of hydrogen-bond donors (Lipinski definition) is 0. The molecule has 0 aliphatic rings. The fourth-order valence-electron chi connectivity index (χ4n) is 1.75. The van der Waals surface area contributed by atoms with Crippen LogP contribution >= 0.6 is 0 Å². The van der Waals surface area contributed by atoms with Crippen LogP contribution in [0.1, 0.15) is 53.9 Å². The van der Waals surface area contributed by atoms with Crippen molar-refractivity contribution in [3.8, 4) is 0 Å². The molecular weight excluding hydrogens is 158 g/mol. The van der Waals surface area contributed by atoms with Crippen LogP contribution in [-0.2, 0) is 0 Å². The Hall–Kier alpha value is -0.0400. The normalized spacial score (nSPS) is 14.1. The predicted molar refractivity (Wildman–Crippen MR) is 61.1 cm³/mol. The minimum Gasteiger partial charge on any atom is -0.301 e. The topological polar surface area (TPSA) is 3.24 Å². The van der Waals surface area contributed by atoms with Crippen molar-refractivity contribution in [2.75, 3.05) is 13.1 Å². The first-order valence-electron chi connectivity index (χ1n) is 5.85. The number of rotatable bonds is 7. The van der Waals surface area contributed by atoms with Crippen molar-refractivity contribution in [2.24, 2.45) is 5.92 Å². The summed E-state index contributed by atoms with van der Waals surface area (Å²) in [6.45, 7) is 13.9. The van der Waals surface area contributed by atoms with E-state index in [1.165, 1.54) is 32.4 Å². The molecule has 0 fully saturated rings. The van der Waals surface area contributed by atoms with Crippen molar-refractivity contribution in [1.29, 1.82) is 0 Å². The van der Waals surface area contributed by atoms with Gasteiger partial charge in [-0.3, -0.25) is 0 Å². The fourth-order valence-corrected chi connectivity index (χ4v) is 1.75. The summed E-state index contributed by atoms with van der Waals surface area (Å²) in [4.78, 5) is 2.56. The van der Waals surface area contributed by atoms with E-state index in [2.05, 4.69) is 39.5 Å². The average Bonchev–Trinajstić information content (AvgIpc) is 2.10. The molecule has 0 aliphatic heterocycles. The predicted octanol–water partition coefficient (Wildman–Crippen LogP) is 3.54. The Kier molecular flexibility index (Phi) is 7.35. The standard InChI is InChI=1S/C12H27N/c1-6-8-9-12(5)10-13(7-2)11(3)4/h11-12H,6-10H2,1-5H3. The first-order valence-corrected chi connectivity index (χ1v) is 5.85. The van der Waals surface area contributed by atoms with Crippen LogP contribution in [-0.4, -0.2) is 24.0 Å². The van der Waals surface area contributed by atoms with Gasteiger partial charge >= 0.3 is 0 Å². The van der Waals surface area contributed by atoms with Crippen LogP contribution in [0.3, 0.4) is 0 Å². The van der Waals surface area contributed by atoms with Gasteiger partial charge in [0, 0.05) is 12.6 Å². The van der Waals surface area contributed by atoms with Crippen LogP contribution < -0.4 is 0 Å². The van der Waals surface area contributed by atoms with Crippen LogP contribution in [0, 0.1) is 5.92 Å². The highest BCUT2D eigenvalue weighted by molar-refractivity contribution is 4.64. The molecule has 0 radical (unpaired) electrons. The molecule has 0 aromatic heterocycles. The van der Waals surface area contributed by atoms with E-state index >= 15 is 0 Å². The number of hydrogen-bond acceptors (Lipinski definition) is 1. The molecule has 13 heavy (non-hydrogen) atoms. The van der Waals surface area contributed by atoms with E-state index in [0.717, 1.165) is 5.92 Å². The molecule has 0 rings (SSSR count). The summed E-state index contributed by atoms with van der Waals surface area (Å²) in [5.74, 6) is 0.863. The third kappa shape index (κ3) is 6.09. The van der Waals surface area contributed by atoms with Gasteiger partial charge in [-0.1, -0.05) is 33.6 Å². The van der Waals surface area contributed by atoms with Gasteiger partial charge in [-0.15, -0.1) is 0 Å². The van der Waals surface area contributed by atoms with Crippen LogP contribution in [0.25, 0.3) is 0 Å². The smallest absolute Gasteiger partial charge is 0.00385 e. The molecule has 1 nitrogen and oxygen atoms in total. The van der Waals surface area contributed by atoms with Gasteiger partial charge in [0.2, 0.25) is 0 Å². The van der Waals surface area contributed by atoms with E-state index in [1.54, 1.807) is 0 Å². The minimum absolute atomic E-state index is 0.703. The Morgan fingerprint density at radius 2 is 1.69 bits per heavy atom. The first kappa shape index (κ1) is 13.0. The highest BCUT2D eigenvalue weighted by Crippen LogP contribution is 2.11. The quantitative estimate of drug-likeness (QED) is 0.586. The molecule has 1 atom stereocenters. The second-order valence-electron chi connectivity index (χ2n) is 4.43. The van der Waals surface area contributed by atoms with Gasteiger partial charge in [0.1, 0.15) is 0 Å². The van der Waals surface area contributed by atoms with Crippen LogP contribution in [0.15, 0.2) is 0 Å². The monoisotopic (exact) mass is 185 g/mol. The van der Waals surface area contributed by atoms with Crippen molar-refractivity contribution in [2.45, 2.75) is 59.9 Å². The Morgan fingerprint density at radius 3 is 2.08 bits per heavy atom. The molecule has 0 saturated carbocycles. The van der Waals surface area contributed by atoms with E-state index in [-0.39, 0.29) is 0 Å². The Labute approximate surface area is 84.5 Å². The molecule has 0 N–H and O–H groups in total. The number of nitrogens with zero attached hydrogens (tertiary/aromatic N) is 1. The lowest BCUT2D eigenvalue weighted by molar-refractivity contribution is 0.197. The zero-order valence-corrected chi connectivity index (χ0v) is 10.1. The van der Waals surface area contributed by atoms with Crippen LogP contribution in [0.5, 0.6) is 0 Å². The molecule has 0 bridgehead atoms. The highest BCUT2D eigenvalue weighted by atomic mass is 15.1. The second kappa shape index (κ2) is 7.37. The fraction of sp³-hybridized carbons (Fsp3) is 1.00. The van der Waals surface area contributed by atoms with Gasteiger partial charge in [0.05, 0.1) is 0 Å². The molecule has 80 valence electrons. The van der Waals surface area contributed by atoms with E-state index in [9.17, 15) is 0 Å². The molecular formula is C12H27N. The van der Waals surface area contributed by atoms with Crippen LogP contribution in [0.2, 0.25) is 0 Å². The maximum Gasteiger partial charge on any atom is 0.00385 e. The highest BCUT2D eigenvalue weighted by Gasteiger charge is 2.10. The summed E-state index contributed by atoms with van der Waals surface area (Å²) < 4.78 is 0. The molecule has 1 unspecified atom stereocenters. The van der Waals surface area contributed by atoms with E-state index < -0.39 is 0 Å². The Balaban J connectivity index is 3.66. The Morgan fingerprint density at radius 1 is 1.08 bits per heavy atom. The zero-order chi connectivity index (χ0) is 10.3. The summed E-state index contributed by atoms with van der Waals surface area (Å²) in [7, 11) is 0. The zero-order valence-electron chi connectivity index (χ0n) is 10.1. The molecule has 0 saturated heterocycles. The second-order valence-corrected chi connectivity index (χ2v) is 4.43. The lowest BCUT2D eigenvalue weighted by atomic mass is 10.0. The number of unbranched alkanes of at least 4 members (excludes halogenated alkanes) is 1. The third-order valence-electron chi connectivity index (χ3n) is 2.73. The van der Waals surface area contributed by atoms with Gasteiger partial charge in [-0.05, 0) is 32.7 Å². The molecule has 0 aliphatic carbocycles. The molecule has 0 heterocycles. The third-order valence-corrected chi connectivity index (χ3v) is 2.73. The van der Waals surface area contributed by atoms with E-state index in [0.29, 0.717) is 6.04 Å². The lowest BCUT2D eigenvalue weighted by Gasteiger charge is -2.27. The minimum atomic E-state index is 0.703. The molecule has 0 spiro atoms. The summed E-state index contributed by atoms with van der Waals surface area (Å²) in [6.07, 6.45) is 4.11. The van der Waals surface area contributed by atoms with Crippen LogP contribution in [0.4, 0.5) is 0 Å². The Bertz CT molecular complexity index is 110. The molecule has 0 amide bonds. The average molecular weight is 185 g/mol. The van der Waals surface area contributed by atoms with E-state index in [4.69, 9.17) is 0 Å². The maximum atomic E-state index is 2.56. The summed E-state index contributed by atoms with van der Waals surface area (Å²) >= 11 is 0. The molecule has 0 aromatic carbocycles. The van der Waals surface area contributed by atoms with Crippen molar-refractivity contribution < 1.29 is 0 Å².